The first-order chi connectivity index (χ1) is 11.6. The Bertz CT molecular complexity index is 542. The molecular weight excluding hydrogens is 304 g/mol. The summed E-state index contributed by atoms with van der Waals surface area (Å²) < 4.78 is 0. The van der Waals surface area contributed by atoms with Crippen LogP contribution in [-0.2, 0) is 16.1 Å². The number of rotatable bonds is 9. The van der Waals surface area contributed by atoms with Crippen molar-refractivity contribution in [3.63, 3.8) is 0 Å². The number of unbranched alkanes of at least 4 members (excludes halogenated alkanes) is 2. The number of nitrogens with one attached hydrogen (secondary N) is 2. The predicted octanol–water partition coefficient (Wildman–Crippen LogP) is 1.99. The Kier molecular flexibility index (Phi) is 7.52. The Morgan fingerprint density at radius 2 is 1.96 bits per heavy atom. The second kappa shape index (κ2) is 9.90. The van der Waals surface area contributed by atoms with Crippen molar-refractivity contribution in [1.82, 2.24) is 15.6 Å². The van der Waals surface area contributed by atoms with Crippen molar-refractivity contribution in [2.75, 3.05) is 24.5 Å². The molecular formula is C18H28N4O2. The topological polar surface area (TPSA) is 74.3 Å². The molecule has 0 aliphatic carbocycles. The highest BCUT2D eigenvalue weighted by Gasteiger charge is 2.13. The molecule has 2 heterocycles. The summed E-state index contributed by atoms with van der Waals surface area (Å²) in [5, 5.41) is 5.73. The van der Waals surface area contributed by atoms with Crippen molar-refractivity contribution < 1.29 is 9.59 Å². The van der Waals surface area contributed by atoms with Gasteiger partial charge >= 0.3 is 0 Å². The van der Waals surface area contributed by atoms with Crippen LogP contribution in [-0.4, -0.2) is 36.4 Å². The summed E-state index contributed by atoms with van der Waals surface area (Å²) in [7, 11) is 0. The number of pyridine rings is 1. The first-order valence-electron chi connectivity index (χ1n) is 8.86. The van der Waals surface area contributed by atoms with E-state index in [1.165, 1.54) is 19.8 Å². The molecule has 132 valence electrons. The van der Waals surface area contributed by atoms with E-state index in [2.05, 4.69) is 26.6 Å². The summed E-state index contributed by atoms with van der Waals surface area (Å²) in [5.74, 6) is 1.09. The van der Waals surface area contributed by atoms with Gasteiger partial charge in [0.25, 0.3) is 0 Å². The van der Waals surface area contributed by atoms with Gasteiger partial charge in [0.1, 0.15) is 5.82 Å². The fourth-order valence-corrected chi connectivity index (χ4v) is 2.83. The van der Waals surface area contributed by atoms with Crippen LogP contribution in [0.4, 0.5) is 5.82 Å². The Labute approximate surface area is 144 Å². The lowest BCUT2D eigenvalue weighted by molar-refractivity contribution is -0.121. The molecule has 1 aliphatic rings. The minimum Gasteiger partial charge on any atom is -0.357 e. The Balaban J connectivity index is 1.63. The number of hydrogen-bond donors (Lipinski definition) is 2. The molecule has 6 nitrogen and oxygen atoms in total. The van der Waals surface area contributed by atoms with E-state index in [-0.39, 0.29) is 11.8 Å². The Morgan fingerprint density at radius 1 is 1.17 bits per heavy atom. The van der Waals surface area contributed by atoms with Crippen LogP contribution in [0, 0.1) is 0 Å². The largest absolute Gasteiger partial charge is 0.357 e. The van der Waals surface area contributed by atoms with Gasteiger partial charge in [0.2, 0.25) is 11.8 Å². The quantitative estimate of drug-likeness (QED) is 0.678. The Morgan fingerprint density at radius 3 is 2.71 bits per heavy atom. The summed E-state index contributed by atoms with van der Waals surface area (Å²) in [5.41, 5.74) is 1.09. The van der Waals surface area contributed by atoms with Crippen molar-refractivity contribution in [3.05, 3.63) is 23.9 Å². The zero-order valence-corrected chi connectivity index (χ0v) is 14.5. The third kappa shape index (κ3) is 6.56. The van der Waals surface area contributed by atoms with E-state index in [1.54, 1.807) is 0 Å². The van der Waals surface area contributed by atoms with Crippen molar-refractivity contribution >= 4 is 17.6 Å². The standard InChI is InChI=1S/C18H28N4O2/c1-15(23)19-9-4-2-3-7-18(24)21-14-16-8-10-20-17(13-16)22-11-5-6-12-22/h8,10,13H,2-7,9,11-12,14H2,1H3,(H,19,23)(H,21,24). The molecule has 2 amide bonds. The van der Waals surface area contributed by atoms with Crippen LogP contribution in [0.15, 0.2) is 18.3 Å². The highest BCUT2D eigenvalue weighted by molar-refractivity contribution is 5.75. The fraction of sp³-hybridized carbons (Fsp3) is 0.611. The molecule has 1 saturated heterocycles. The minimum atomic E-state index is -0.00149. The molecule has 0 bridgehead atoms. The van der Waals surface area contributed by atoms with E-state index in [0.717, 1.165) is 43.7 Å². The van der Waals surface area contributed by atoms with E-state index in [0.29, 0.717) is 19.5 Å². The van der Waals surface area contributed by atoms with Crippen molar-refractivity contribution in [3.8, 4) is 0 Å². The number of amides is 2. The van der Waals surface area contributed by atoms with Crippen LogP contribution in [0.1, 0.15) is 51.0 Å². The van der Waals surface area contributed by atoms with Gasteiger partial charge in [-0.3, -0.25) is 9.59 Å². The van der Waals surface area contributed by atoms with Crippen molar-refractivity contribution in [2.45, 2.75) is 52.0 Å². The number of hydrogen-bond acceptors (Lipinski definition) is 4. The van der Waals surface area contributed by atoms with Gasteiger partial charge in [-0.1, -0.05) is 6.42 Å². The summed E-state index contributed by atoms with van der Waals surface area (Å²) >= 11 is 0. The molecule has 0 aromatic carbocycles. The smallest absolute Gasteiger partial charge is 0.220 e. The van der Waals surface area contributed by atoms with Gasteiger partial charge in [0.05, 0.1) is 0 Å². The molecule has 1 aromatic heterocycles. The van der Waals surface area contributed by atoms with Crippen molar-refractivity contribution in [1.29, 1.82) is 0 Å². The van der Waals surface area contributed by atoms with Crippen LogP contribution >= 0.6 is 0 Å². The molecule has 0 atom stereocenters. The van der Waals surface area contributed by atoms with Gasteiger partial charge in [0.15, 0.2) is 0 Å². The van der Waals surface area contributed by atoms with Gasteiger partial charge in [-0.25, -0.2) is 4.98 Å². The molecule has 1 aliphatic heterocycles. The first-order valence-corrected chi connectivity index (χ1v) is 8.86. The molecule has 2 N–H and O–H groups in total. The molecule has 6 heteroatoms. The van der Waals surface area contributed by atoms with E-state index in [1.807, 2.05) is 12.3 Å². The number of carbonyl (C=O) groups excluding carboxylic acids is 2. The lowest BCUT2D eigenvalue weighted by Crippen LogP contribution is -2.23. The molecule has 0 unspecified atom stereocenters. The van der Waals surface area contributed by atoms with Crippen LogP contribution < -0.4 is 15.5 Å². The minimum absolute atomic E-state index is 0.00149. The highest BCUT2D eigenvalue weighted by atomic mass is 16.2. The molecule has 0 spiro atoms. The first kappa shape index (κ1) is 18.2. The maximum atomic E-state index is 11.9. The van der Waals surface area contributed by atoms with E-state index < -0.39 is 0 Å². The molecule has 0 saturated carbocycles. The lowest BCUT2D eigenvalue weighted by atomic mass is 10.2. The van der Waals surface area contributed by atoms with E-state index in [9.17, 15) is 9.59 Å². The number of carbonyl (C=O) groups is 2. The second-order valence-corrected chi connectivity index (χ2v) is 6.29. The number of anilines is 1. The second-order valence-electron chi connectivity index (χ2n) is 6.29. The van der Waals surface area contributed by atoms with Crippen LogP contribution in [0.2, 0.25) is 0 Å². The third-order valence-corrected chi connectivity index (χ3v) is 4.18. The van der Waals surface area contributed by atoms with Crippen LogP contribution in [0.5, 0.6) is 0 Å². The summed E-state index contributed by atoms with van der Waals surface area (Å²) in [4.78, 5) is 29.3. The zero-order chi connectivity index (χ0) is 17.2. The van der Waals surface area contributed by atoms with E-state index in [4.69, 9.17) is 0 Å². The van der Waals surface area contributed by atoms with Crippen LogP contribution in [0.3, 0.4) is 0 Å². The number of aromatic nitrogens is 1. The maximum absolute atomic E-state index is 11.9. The average molecular weight is 332 g/mol. The highest BCUT2D eigenvalue weighted by Crippen LogP contribution is 2.18. The van der Waals surface area contributed by atoms with Gasteiger partial charge in [-0.2, -0.15) is 0 Å². The molecule has 24 heavy (non-hydrogen) atoms. The fourth-order valence-electron chi connectivity index (χ4n) is 2.83. The maximum Gasteiger partial charge on any atom is 0.220 e. The Hall–Kier alpha value is -2.11. The van der Waals surface area contributed by atoms with E-state index >= 15 is 0 Å². The normalized spacial score (nSPS) is 13.8. The van der Waals surface area contributed by atoms with Crippen LogP contribution in [0.25, 0.3) is 0 Å². The summed E-state index contributed by atoms with van der Waals surface area (Å²) in [6, 6.07) is 4.02. The molecule has 1 aromatic rings. The molecule has 0 radical (unpaired) electrons. The molecule has 2 rings (SSSR count). The monoisotopic (exact) mass is 332 g/mol. The SMILES string of the molecule is CC(=O)NCCCCCC(=O)NCc1ccnc(N2CCCC2)c1. The summed E-state index contributed by atoms with van der Waals surface area (Å²) in [6.07, 6.45) is 7.51. The van der Waals surface area contributed by atoms with Crippen molar-refractivity contribution in [2.24, 2.45) is 0 Å². The molecule has 1 fully saturated rings. The number of nitrogens with zero attached hydrogens (tertiary/aromatic N) is 2. The summed E-state index contributed by atoms with van der Waals surface area (Å²) in [6.45, 7) is 4.89. The van der Waals surface area contributed by atoms with Gasteiger partial charge in [-0.15, -0.1) is 0 Å². The zero-order valence-electron chi connectivity index (χ0n) is 14.5. The third-order valence-electron chi connectivity index (χ3n) is 4.18. The lowest BCUT2D eigenvalue weighted by Gasteiger charge is -2.17. The predicted molar refractivity (Wildman–Crippen MR) is 94.7 cm³/mol. The average Bonchev–Trinajstić information content (AvgIpc) is 3.11. The van der Waals surface area contributed by atoms with Gasteiger partial charge in [0, 0.05) is 45.7 Å². The van der Waals surface area contributed by atoms with Gasteiger partial charge < -0.3 is 15.5 Å². The van der Waals surface area contributed by atoms with Gasteiger partial charge in [-0.05, 0) is 43.4 Å².